The summed E-state index contributed by atoms with van der Waals surface area (Å²) in [5, 5.41) is 9.21. The SMILES string of the molecule is CN1CCN([C@@H]2CCN(Cc3nc4ccccc4[nH]3)C[C@@H]2CCC(=O)O)CC1. The molecule has 2 N–H and O–H groups in total. The van der Waals surface area contributed by atoms with E-state index in [2.05, 4.69) is 32.8 Å². The molecule has 2 aliphatic rings. The Morgan fingerprint density at radius 1 is 1.21 bits per heavy atom. The topological polar surface area (TPSA) is 75.7 Å². The molecule has 0 spiro atoms. The van der Waals surface area contributed by atoms with Crippen LogP contribution in [0.3, 0.4) is 0 Å². The number of likely N-dealkylation sites (tertiary alicyclic amines) is 1. The fourth-order valence-corrected chi connectivity index (χ4v) is 4.76. The molecule has 2 saturated heterocycles. The Labute approximate surface area is 166 Å². The van der Waals surface area contributed by atoms with Crippen LogP contribution in [0.25, 0.3) is 11.0 Å². The van der Waals surface area contributed by atoms with Crippen LogP contribution >= 0.6 is 0 Å². The molecule has 1 aromatic heterocycles. The second-order valence-corrected chi connectivity index (χ2v) is 8.32. The highest BCUT2D eigenvalue weighted by Crippen LogP contribution is 2.28. The summed E-state index contributed by atoms with van der Waals surface area (Å²) in [7, 11) is 2.18. The quantitative estimate of drug-likeness (QED) is 0.791. The molecule has 7 heteroatoms. The van der Waals surface area contributed by atoms with Crippen LogP contribution in [-0.2, 0) is 11.3 Å². The van der Waals surface area contributed by atoms with Crippen LogP contribution in [0, 0.1) is 5.92 Å². The van der Waals surface area contributed by atoms with Gasteiger partial charge in [0.15, 0.2) is 0 Å². The molecule has 28 heavy (non-hydrogen) atoms. The lowest BCUT2D eigenvalue weighted by molar-refractivity contribution is -0.137. The van der Waals surface area contributed by atoms with Crippen LogP contribution < -0.4 is 0 Å². The van der Waals surface area contributed by atoms with Crippen LogP contribution in [0.2, 0.25) is 0 Å². The van der Waals surface area contributed by atoms with E-state index >= 15 is 0 Å². The second kappa shape index (κ2) is 8.59. The summed E-state index contributed by atoms with van der Waals surface area (Å²) in [5.41, 5.74) is 2.08. The lowest BCUT2D eigenvalue weighted by Crippen LogP contribution is -2.56. The summed E-state index contributed by atoms with van der Waals surface area (Å²) < 4.78 is 0. The second-order valence-electron chi connectivity index (χ2n) is 8.32. The molecule has 0 radical (unpaired) electrons. The molecule has 0 aliphatic carbocycles. The number of piperazine rings is 1. The van der Waals surface area contributed by atoms with Gasteiger partial charge in [0.2, 0.25) is 0 Å². The minimum Gasteiger partial charge on any atom is -0.481 e. The third kappa shape index (κ3) is 4.54. The van der Waals surface area contributed by atoms with Gasteiger partial charge in [0, 0.05) is 51.7 Å². The van der Waals surface area contributed by atoms with E-state index < -0.39 is 5.97 Å². The standard InChI is InChI=1S/C21H31N5O2/c1-24-10-12-26(13-11-24)19-8-9-25(14-16(19)6-7-21(27)28)15-20-22-17-4-2-3-5-18(17)23-20/h2-5,16,19H,6-15H2,1H3,(H,22,23)(H,27,28)/t16-,19+/m0/s1. The predicted octanol–water partition coefficient (Wildman–Crippen LogP) is 1.87. The van der Waals surface area contributed by atoms with Gasteiger partial charge in [-0.15, -0.1) is 0 Å². The van der Waals surface area contributed by atoms with Crippen molar-refractivity contribution in [3.05, 3.63) is 30.1 Å². The Hall–Kier alpha value is -1.96. The number of rotatable bonds is 6. The van der Waals surface area contributed by atoms with Gasteiger partial charge in [0.25, 0.3) is 0 Å². The van der Waals surface area contributed by atoms with E-state index in [1.807, 2.05) is 18.2 Å². The molecule has 0 bridgehead atoms. The minimum atomic E-state index is -0.688. The normalized spacial score (nSPS) is 25.3. The Bertz CT molecular complexity index is 766. The van der Waals surface area contributed by atoms with Crippen LogP contribution in [0.5, 0.6) is 0 Å². The Balaban J connectivity index is 1.42. The summed E-state index contributed by atoms with van der Waals surface area (Å²) in [5.74, 6) is 0.709. The zero-order chi connectivity index (χ0) is 19.5. The van der Waals surface area contributed by atoms with Crippen molar-refractivity contribution in [1.82, 2.24) is 24.7 Å². The predicted molar refractivity (Wildman–Crippen MR) is 109 cm³/mol. The molecule has 152 valence electrons. The van der Waals surface area contributed by atoms with Crippen LogP contribution in [0.4, 0.5) is 0 Å². The van der Waals surface area contributed by atoms with E-state index in [9.17, 15) is 9.90 Å². The maximum absolute atomic E-state index is 11.2. The molecular weight excluding hydrogens is 354 g/mol. The molecule has 2 aliphatic heterocycles. The van der Waals surface area contributed by atoms with E-state index in [0.29, 0.717) is 12.0 Å². The number of para-hydroxylation sites is 2. The van der Waals surface area contributed by atoms with Gasteiger partial charge in [-0.2, -0.15) is 0 Å². The van der Waals surface area contributed by atoms with Crippen LogP contribution in [-0.4, -0.2) is 88.1 Å². The van der Waals surface area contributed by atoms with Crippen molar-refractivity contribution in [2.45, 2.75) is 31.8 Å². The maximum atomic E-state index is 11.2. The van der Waals surface area contributed by atoms with Crippen molar-refractivity contribution in [3.63, 3.8) is 0 Å². The third-order valence-corrected chi connectivity index (χ3v) is 6.33. The first-order valence-corrected chi connectivity index (χ1v) is 10.4. The molecule has 3 heterocycles. The number of carbonyl (C=O) groups is 1. The van der Waals surface area contributed by atoms with Crippen molar-refractivity contribution in [3.8, 4) is 0 Å². The van der Waals surface area contributed by atoms with Crippen molar-refractivity contribution >= 4 is 17.0 Å². The molecule has 0 amide bonds. The van der Waals surface area contributed by atoms with Crippen molar-refractivity contribution in [1.29, 1.82) is 0 Å². The first-order valence-electron chi connectivity index (χ1n) is 10.4. The number of aromatic nitrogens is 2. The summed E-state index contributed by atoms with van der Waals surface area (Å²) in [6.45, 7) is 7.17. The van der Waals surface area contributed by atoms with Gasteiger partial charge < -0.3 is 15.0 Å². The number of likely N-dealkylation sites (N-methyl/N-ethyl adjacent to an activating group) is 1. The highest BCUT2D eigenvalue weighted by molar-refractivity contribution is 5.74. The van der Waals surface area contributed by atoms with Gasteiger partial charge in [-0.3, -0.25) is 14.6 Å². The molecule has 7 nitrogen and oxygen atoms in total. The molecule has 0 saturated carbocycles. The first kappa shape index (κ1) is 19.4. The first-order chi connectivity index (χ1) is 13.6. The summed E-state index contributed by atoms with van der Waals surface area (Å²) in [4.78, 5) is 26.7. The summed E-state index contributed by atoms with van der Waals surface area (Å²) in [6, 6.07) is 8.62. The number of hydrogen-bond donors (Lipinski definition) is 2. The lowest BCUT2D eigenvalue weighted by atomic mass is 9.86. The smallest absolute Gasteiger partial charge is 0.303 e. The van der Waals surface area contributed by atoms with E-state index in [0.717, 1.165) is 75.5 Å². The fraction of sp³-hybridized carbons (Fsp3) is 0.619. The van der Waals surface area contributed by atoms with Gasteiger partial charge >= 0.3 is 5.97 Å². The van der Waals surface area contributed by atoms with Gasteiger partial charge in [-0.05, 0) is 37.9 Å². The number of H-pyrrole nitrogens is 1. The largest absolute Gasteiger partial charge is 0.481 e. The number of fused-ring (bicyclic) bond motifs is 1. The fourth-order valence-electron chi connectivity index (χ4n) is 4.76. The van der Waals surface area contributed by atoms with Gasteiger partial charge in [0.1, 0.15) is 5.82 Å². The van der Waals surface area contributed by atoms with Crippen molar-refractivity contribution < 1.29 is 9.90 Å². The number of carboxylic acid groups (broad SMARTS) is 1. The molecule has 1 aromatic carbocycles. The number of aliphatic carboxylic acids is 1. The maximum Gasteiger partial charge on any atom is 0.303 e. The lowest BCUT2D eigenvalue weighted by Gasteiger charge is -2.46. The summed E-state index contributed by atoms with van der Waals surface area (Å²) >= 11 is 0. The number of benzene rings is 1. The zero-order valence-corrected chi connectivity index (χ0v) is 16.7. The molecular formula is C21H31N5O2. The van der Waals surface area contributed by atoms with E-state index in [1.165, 1.54) is 0 Å². The Morgan fingerprint density at radius 3 is 2.75 bits per heavy atom. The molecule has 0 unspecified atom stereocenters. The molecule has 2 aromatic rings. The number of aromatic amines is 1. The number of nitrogens with one attached hydrogen (secondary N) is 1. The molecule has 2 fully saturated rings. The van der Waals surface area contributed by atoms with Crippen molar-refractivity contribution in [2.24, 2.45) is 5.92 Å². The van der Waals surface area contributed by atoms with Crippen molar-refractivity contribution in [2.75, 3.05) is 46.3 Å². The van der Waals surface area contributed by atoms with Gasteiger partial charge in [-0.1, -0.05) is 12.1 Å². The number of hydrogen-bond acceptors (Lipinski definition) is 5. The monoisotopic (exact) mass is 385 g/mol. The van der Waals surface area contributed by atoms with E-state index in [1.54, 1.807) is 0 Å². The number of piperidine rings is 1. The van der Waals surface area contributed by atoms with Crippen LogP contribution in [0.15, 0.2) is 24.3 Å². The van der Waals surface area contributed by atoms with E-state index in [-0.39, 0.29) is 6.42 Å². The zero-order valence-electron chi connectivity index (χ0n) is 16.7. The van der Waals surface area contributed by atoms with Gasteiger partial charge in [-0.25, -0.2) is 4.98 Å². The third-order valence-electron chi connectivity index (χ3n) is 6.33. The van der Waals surface area contributed by atoms with Gasteiger partial charge in [0.05, 0.1) is 17.6 Å². The average molecular weight is 386 g/mol. The number of nitrogens with zero attached hydrogens (tertiary/aromatic N) is 4. The van der Waals surface area contributed by atoms with E-state index in [4.69, 9.17) is 4.98 Å². The number of carboxylic acids is 1. The average Bonchev–Trinajstić information content (AvgIpc) is 3.09. The molecule has 4 rings (SSSR count). The summed E-state index contributed by atoms with van der Waals surface area (Å²) in [6.07, 6.45) is 2.12. The molecule has 2 atom stereocenters. The Kier molecular flexibility index (Phi) is 5.94. The highest BCUT2D eigenvalue weighted by atomic mass is 16.4. The highest BCUT2D eigenvalue weighted by Gasteiger charge is 2.34. The number of imidazole rings is 1. The van der Waals surface area contributed by atoms with Crippen LogP contribution in [0.1, 0.15) is 25.1 Å². The Morgan fingerprint density at radius 2 is 2.00 bits per heavy atom. The minimum absolute atomic E-state index is 0.257.